The number of nitrogens with one attached hydrogen (secondary N) is 1. The molecular weight excluding hydrogens is 150 g/mol. The minimum Gasteiger partial charge on any atom is -0.313 e. The Hall–Kier alpha value is -0.810. The second-order valence-corrected chi connectivity index (χ2v) is 2.35. The summed E-state index contributed by atoms with van der Waals surface area (Å²) in [5.41, 5.74) is 0.444. The van der Waals surface area contributed by atoms with Gasteiger partial charge >= 0.3 is 0 Å². The van der Waals surface area contributed by atoms with Gasteiger partial charge in [-0.1, -0.05) is 4.49 Å². The molecule has 1 aromatic heterocycles. The Morgan fingerprint density at radius 2 is 2.70 bits per heavy atom. The first-order chi connectivity index (χ1) is 4.84. The normalized spacial score (nSPS) is 9.70. The van der Waals surface area contributed by atoms with Crippen LogP contribution in [0.15, 0.2) is 5.38 Å². The van der Waals surface area contributed by atoms with E-state index in [-0.39, 0.29) is 5.78 Å². The third-order valence-corrected chi connectivity index (χ3v) is 1.49. The summed E-state index contributed by atoms with van der Waals surface area (Å²) in [5.74, 6) is -0.0174. The minimum atomic E-state index is -0.0174. The van der Waals surface area contributed by atoms with Gasteiger partial charge in [-0.3, -0.25) is 4.79 Å². The molecule has 0 aliphatic carbocycles. The van der Waals surface area contributed by atoms with E-state index in [0.29, 0.717) is 12.2 Å². The third kappa shape index (κ3) is 1.58. The fourth-order valence-corrected chi connectivity index (χ4v) is 0.998. The monoisotopic (exact) mass is 157 g/mol. The molecule has 0 amide bonds. The van der Waals surface area contributed by atoms with E-state index in [1.807, 2.05) is 0 Å². The van der Waals surface area contributed by atoms with Gasteiger partial charge in [0, 0.05) is 5.38 Å². The van der Waals surface area contributed by atoms with Crippen LogP contribution in [0.1, 0.15) is 10.5 Å². The van der Waals surface area contributed by atoms with E-state index in [1.165, 1.54) is 11.5 Å². The molecule has 0 spiro atoms. The molecule has 1 rings (SSSR count). The maximum atomic E-state index is 10.9. The molecule has 0 saturated carbocycles. The van der Waals surface area contributed by atoms with Crippen molar-refractivity contribution in [3.63, 3.8) is 0 Å². The third-order valence-electron chi connectivity index (χ3n) is 0.983. The minimum absolute atomic E-state index is 0.0174. The topological polar surface area (TPSA) is 54.9 Å². The molecule has 0 aromatic carbocycles. The van der Waals surface area contributed by atoms with Crippen molar-refractivity contribution in [3.05, 3.63) is 11.1 Å². The van der Waals surface area contributed by atoms with Crippen LogP contribution in [0.3, 0.4) is 0 Å². The zero-order chi connectivity index (χ0) is 7.40. The Morgan fingerprint density at radius 1 is 1.90 bits per heavy atom. The van der Waals surface area contributed by atoms with Crippen LogP contribution in [-0.2, 0) is 0 Å². The number of rotatable bonds is 3. The number of aromatic nitrogens is 2. The van der Waals surface area contributed by atoms with Crippen molar-refractivity contribution in [1.82, 2.24) is 14.9 Å². The number of carbonyl (C=O) groups excluding carboxylic acids is 1. The lowest BCUT2D eigenvalue weighted by Crippen LogP contribution is -2.18. The zero-order valence-corrected chi connectivity index (χ0v) is 6.31. The molecule has 54 valence electrons. The SMILES string of the molecule is CNCC(=O)c1csnn1. The highest BCUT2D eigenvalue weighted by molar-refractivity contribution is 7.03. The molecule has 1 aromatic rings. The first-order valence-electron chi connectivity index (χ1n) is 2.79. The fourth-order valence-electron chi connectivity index (χ4n) is 0.537. The van der Waals surface area contributed by atoms with Gasteiger partial charge in [-0.15, -0.1) is 5.10 Å². The lowest BCUT2D eigenvalue weighted by Gasteiger charge is -1.91. The lowest BCUT2D eigenvalue weighted by atomic mass is 10.3. The summed E-state index contributed by atoms with van der Waals surface area (Å²) in [4.78, 5) is 10.9. The molecule has 0 atom stereocenters. The second kappa shape index (κ2) is 3.38. The lowest BCUT2D eigenvalue weighted by molar-refractivity contribution is 0.0989. The van der Waals surface area contributed by atoms with Crippen molar-refractivity contribution >= 4 is 17.3 Å². The van der Waals surface area contributed by atoms with Gasteiger partial charge in [0.25, 0.3) is 0 Å². The molecule has 0 radical (unpaired) electrons. The van der Waals surface area contributed by atoms with Gasteiger partial charge < -0.3 is 5.32 Å². The second-order valence-electron chi connectivity index (χ2n) is 1.74. The Kier molecular flexibility index (Phi) is 2.47. The van der Waals surface area contributed by atoms with E-state index in [4.69, 9.17) is 0 Å². The van der Waals surface area contributed by atoms with E-state index in [1.54, 1.807) is 12.4 Å². The predicted molar refractivity (Wildman–Crippen MR) is 38.2 cm³/mol. The fraction of sp³-hybridized carbons (Fsp3) is 0.400. The summed E-state index contributed by atoms with van der Waals surface area (Å²) in [6.45, 7) is 0.325. The highest BCUT2D eigenvalue weighted by atomic mass is 32.1. The molecule has 0 fully saturated rings. The molecule has 0 aliphatic rings. The number of carbonyl (C=O) groups is 1. The predicted octanol–water partition coefficient (Wildman–Crippen LogP) is -0.0598. The molecule has 0 bridgehead atoms. The van der Waals surface area contributed by atoms with E-state index in [9.17, 15) is 4.79 Å². The van der Waals surface area contributed by atoms with Crippen LogP contribution in [-0.4, -0.2) is 29.0 Å². The number of ketones is 1. The van der Waals surface area contributed by atoms with Crippen molar-refractivity contribution in [3.8, 4) is 0 Å². The van der Waals surface area contributed by atoms with Crippen LogP contribution in [0.4, 0.5) is 0 Å². The molecule has 1 heterocycles. The Labute approximate surface area is 62.4 Å². The molecule has 0 aliphatic heterocycles. The number of hydrogen-bond donors (Lipinski definition) is 1. The van der Waals surface area contributed by atoms with Gasteiger partial charge in [0.15, 0.2) is 5.78 Å². The Morgan fingerprint density at radius 3 is 3.20 bits per heavy atom. The average molecular weight is 157 g/mol. The number of hydrogen-bond acceptors (Lipinski definition) is 5. The van der Waals surface area contributed by atoms with E-state index >= 15 is 0 Å². The van der Waals surface area contributed by atoms with Gasteiger partial charge in [0.05, 0.1) is 6.54 Å². The van der Waals surface area contributed by atoms with Crippen LogP contribution in [0.2, 0.25) is 0 Å². The van der Waals surface area contributed by atoms with Crippen LogP contribution < -0.4 is 5.32 Å². The quantitative estimate of drug-likeness (QED) is 0.624. The Balaban J connectivity index is 2.59. The smallest absolute Gasteiger partial charge is 0.197 e. The summed E-state index contributed by atoms with van der Waals surface area (Å²) >= 11 is 1.18. The molecule has 5 heteroatoms. The molecule has 4 nitrogen and oxygen atoms in total. The van der Waals surface area contributed by atoms with Gasteiger partial charge in [-0.05, 0) is 18.6 Å². The summed E-state index contributed by atoms with van der Waals surface area (Å²) in [5, 5.41) is 8.00. The van der Waals surface area contributed by atoms with Crippen LogP contribution in [0.25, 0.3) is 0 Å². The van der Waals surface area contributed by atoms with Crippen LogP contribution in [0, 0.1) is 0 Å². The first kappa shape index (κ1) is 7.30. The molecule has 0 saturated heterocycles. The maximum Gasteiger partial charge on any atom is 0.197 e. The van der Waals surface area contributed by atoms with E-state index in [0.717, 1.165) is 0 Å². The first-order valence-corrected chi connectivity index (χ1v) is 3.63. The van der Waals surface area contributed by atoms with Gasteiger partial charge in [-0.25, -0.2) is 0 Å². The van der Waals surface area contributed by atoms with Crippen molar-refractivity contribution in [2.75, 3.05) is 13.6 Å². The number of Topliss-reactive ketones (excluding diaryl/α,β-unsaturated/α-hetero) is 1. The Bertz CT molecular complexity index is 209. The zero-order valence-electron chi connectivity index (χ0n) is 5.50. The highest BCUT2D eigenvalue weighted by Crippen LogP contribution is 1.96. The summed E-state index contributed by atoms with van der Waals surface area (Å²) in [6.07, 6.45) is 0. The van der Waals surface area contributed by atoms with Crippen molar-refractivity contribution in [1.29, 1.82) is 0 Å². The van der Waals surface area contributed by atoms with Crippen LogP contribution in [0.5, 0.6) is 0 Å². The van der Waals surface area contributed by atoms with E-state index < -0.39 is 0 Å². The highest BCUT2D eigenvalue weighted by Gasteiger charge is 2.05. The summed E-state index contributed by atoms with van der Waals surface area (Å²) in [7, 11) is 1.72. The maximum absolute atomic E-state index is 10.9. The van der Waals surface area contributed by atoms with Crippen LogP contribution >= 0.6 is 11.5 Å². The summed E-state index contributed by atoms with van der Waals surface area (Å²) in [6, 6.07) is 0. The number of likely N-dealkylation sites (N-methyl/N-ethyl adjacent to an activating group) is 1. The van der Waals surface area contributed by atoms with Gasteiger partial charge in [-0.2, -0.15) is 0 Å². The molecule has 0 unspecified atom stereocenters. The average Bonchev–Trinajstić information content (AvgIpc) is 2.38. The van der Waals surface area contributed by atoms with Gasteiger partial charge in [0.2, 0.25) is 0 Å². The molecule has 10 heavy (non-hydrogen) atoms. The van der Waals surface area contributed by atoms with Crippen molar-refractivity contribution in [2.24, 2.45) is 0 Å². The summed E-state index contributed by atoms with van der Waals surface area (Å²) < 4.78 is 3.57. The van der Waals surface area contributed by atoms with Crippen molar-refractivity contribution < 1.29 is 4.79 Å². The molecular formula is C5H7N3OS. The van der Waals surface area contributed by atoms with E-state index in [2.05, 4.69) is 14.9 Å². The van der Waals surface area contributed by atoms with Crippen molar-refractivity contribution in [2.45, 2.75) is 0 Å². The molecule has 1 N–H and O–H groups in total. The van der Waals surface area contributed by atoms with Gasteiger partial charge in [0.1, 0.15) is 5.69 Å². The largest absolute Gasteiger partial charge is 0.313 e. The number of nitrogens with zero attached hydrogens (tertiary/aromatic N) is 2. The standard InChI is InChI=1S/C5H7N3OS/c1-6-2-5(9)4-3-10-8-7-4/h3,6H,2H2,1H3.